The number of nitrogens with zero attached hydrogens (tertiary/aromatic N) is 5. The standard InChI is InChI=1S/C20H29N5/c1-15-10-16(2)12-18(11-15)14-24(3)19-21-22-23-25(19)9-8-20-6-4-17(13-20)5-7-20/h10-12,17H,4-9,13-14H2,1-3H3. The van der Waals surface area contributed by atoms with E-state index in [1.807, 2.05) is 4.68 Å². The summed E-state index contributed by atoms with van der Waals surface area (Å²) in [5, 5.41) is 12.5. The van der Waals surface area contributed by atoms with E-state index in [0.29, 0.717) is 5.41 Å². The van der Waals surface area contributed by atoms with Crippen molar-refractivity contribution >= 4 is 5.95 Å². The fraction of sp³-hybridized carbons (Fsp3) is 0.650. The zero-order valence-electron chi connectivity index (χ0n) is 15.7. The van der Waals surface area contributed by atoms with E-state index in [-0.39, 0.29) is 0 Å². The van der Waals surface area contributed by atoms with Crippen LogP contribution in [0.4, 0.5) is 5.95 Å². The quantitative estimate of drug-likeness (QED) is 0.801. The number of aryl methyl sites for hydroxylation is 3. The van der Waals surface area contributed by atoms with Gasteiger partial charge in [-0.15, -0.1) is 0 Å². The first-order valence-corrected chi connectivity index (χ1v) is 9.58. The molecule has 4 rings (SSSR count). The zero-order valence-corrected chi connectivity index (χ0v) is 15.7. The highest BCUT2D eigenvalue weighted by Gasteiger charge is 2.44. The molecular weight excluding hydrogens is 310 g/mol. The van der Waals surface area contributed by atoms with Crippen molar-refractivity contribution in [3.05, 3.63) is 34.9 Å². The van der Waals surface area contributed by atoms with E-state index in [1.165, 1.54) is 55.2 Å². The summed E-state index contributed by atoms with van der Waals surface area (Å²) >= 11 is 0. The van der Waals surface area contributed by atoms with Crippen LogP contribution in [-0.4, -0.2) is 27.3 Å². The molecule has 2 aliphatic rings. The van der Waals surface area contributed by atoms with Gasteiger partial charge < -0.3 is 4.90 Å². The molecule has 0 amide bonds. The van der Waals surface area contributed by atoms with Crippen LogP contribution in [0.2, 0.25) is 0 Å². The van der Waals surface area contributed by atoms with Gasteiger partial charge in [0.05, 0.1) is 0 Å². The molecule has 25 heavy (non-hydrogen) atoms. The van der Waals surface area contributed by atoms with Crippen molar-refractivity contribution in [1.29, 1.82) is 0 Å². The Hall–Kier alpha value is -1.91. The van der Waals surface area contributed by atoms with Gasteiger partial charge in [-0.05, 0) is 79.7 Å². The number of anilines is 1. The van der Waals surface area contributed by atoms with Crippen LogP contribution in [0.3, 0.4) is 0 Å². The number of aromatic nitrogens is 4. The van der Waals surface area contributed by atoms with Crippen molar-refractivity contribution in [2.45, 2.75) is 65.5 Å². The lowest BCUT2D eigenvalue weighted by molar-refractivity contribution is 0.250. The van der Waals surface area contributed by atoms with Crippen molar-refractivity contribution in [2.75, 3.05) is 11.9 Å². The van der Waals surface area contributed by atoms with Crippen molar-refractivity contribution < 1.29 is 0 Å². The highest BCUT2D eigenvalue weighted by molar-refractivity contribution is 5.34. The zero-order chi connectivity index (χ0) is 17.4. The number of hydrogen-bond acceptors (Lipinski definition) is 4. The Kier molecular flexibility index (Phi) is 4.26. The second kappa shape index (κ2) is 6.43. The lowest BCUT2D eigenvalue weighted by Gasteiger charge is -2.27. The summed E-state index contributed by atoms with van der Waals surface area (Å²) in [5.74, 6) is 1.88. The molecular formula is C20H29N5. The molecule has 0 aliphatic heterocycles. The Bertz CT molecular complexity index is 722. The molecule has 0 radical (unpaired) electrons. The molecule has 0 N–H and O–H groups in total. The number of rotatable bonds is 6. The average molecular weight is 339 g/mol. The Morgan fingerprint density at radius 2 is 1.88 bits per heavy atom. The Labute approximate surface area is 150 Å². The molecule has 2 bridgehead atoms. The fourth-order valence-electron chi connectivity index (χ4n) is 5.13. The van der Waals surface area contributed by atoms with Crippen molar-refractivity contribution in [2.24, 2.45) is 11.3 Å². The summed E-state index contributed by atoms with van der Waals surface area (Å²) in [6, 6.07) is 6.70. The van der Waals surface area contributed by atoms with Crippen LogP contribution in [0.1, 0.15) is 55.2 Å². The van der Waals surface area contributed by atoms with E-state index < -0.39 is 0 Å². The SMILES string of the molecule is Cc1cc(C)cc(CN(C)c2nnnn2CCC23CCC(CC2)C3)c1. The van der Waals surface area contributed by atoms with Crippen LogP contribution in [-0.2, 0) is 13.1 Å². The third-order valence-corrected chi connectivity index (χ3v) is 6.30. The Morgan fingerprint density at radius 3 is 2.52 bits per heavy atom. The van der Waals surface area contributed by atoms with E-state index in [9.17, 15) is 0 Å². The molecule has 5 nitrogen and oxygen atoms in total. The number of benzene rings is 1. The van der Waals surface area contributed by atoms with E-state index >= 15 is 0 Å². The first kappa shape index (κ1) is 16.6. The summed E-state index contributed by atoms with van der Waals surface area (Å²) in [6.45, 7) is 6.06. The number of hydrogen-bond donors (Lipinski definition) is 0. The molecule has 5 heteroatoms. The van der Waals surface area contributed by atoms with Gasteiger partial charge in [-0.1, -0.05) is 34.4 Å². The van der Waals surface area contributed by atoms with E-state index in [0.717, 1.165) is 25.0 Å². The maximum absolute atomic E-state index is 4.29. The van der Waals surface area contributed by atoms with Gasteiger partial charge in [-0.25, -0.2) is 4.68 Å². The minimum Gasteiger partial charge on any atom is -0.338 e. The third-order valence-electron chi connectivity index (χ3n) is 6.30. The summed E-state index contributed by atoms with van der Waals surface area (Å²) in [6.07, 6.45) is 8.35. The van der Waals surface area contributed by atoms with Crippen LogP contribution >= 0.6 is 0 Å². The second-order valence-electron chi connectivity index (χ2n) is 8.45. The van der Waals surface area contributed by atoms with Gasteiger partial charge in [-0.3, -0.25) is 0 Å². The maximum atomic E-state index is 4.29. The topological polar surface area (TPSA) is 46.8 Å². The van der Waals surface area contributed by atoms with E-state index in [4.69, 9.17) is 0 Å². The summed E-state index contributed by atoms with van der Waals surface area (Å²) in [5.41, 5.74) is 4.50. The molecule has 1 aromatic carbocycles. The summed E-state index contributed by atoms with van der Waals surface area (Å²) in [4.78, 5) is 2.16. The Morgan fingerprint density at radius 1 is 1.16 bits per heavy atom. The van der Waals surface area contributed by atoms with Gasteiger partial charge in [0.1, 0.15) is 0 Å². The van der Waals surface area contributed by atoms with Gasteiger partial charge in [-0.2, -0.15) is 0 Å². The summed E-state index contributed by atoms with van der Waals surface area (Å²) < 4.78 is 2.00. The van der Waals surface area contributed by atoms with Gasteiger partial charge in [0.2, 0.25) is 5.95 Å². The number of fused-ring (bicyclic) bond motifs is 2. The highest BCUT2D eigenvalue weighted by Crippen LogP contribution is 2.56. The minimum absolute atomic E-state index is 0.583. The molecule has 0 atom stereocenters. The fourth-order valence-corrected chi connectivity index (χ4v) is 5.13. The molecule has 2 fully saturated rings. The number of tetrazole rings is 1. The lowest BCUT2D eigenvalue weighted by Crippen LogP contribution is -2.23. The van der Waals surface area contributed by atoms with Gasteiger partial charge in [0.15, 0.2) is 0 Å². The van der Waals surface area contributed by atoms with Gasteiger partial charge >= 0.3 is 0 Å². The first-order chi connectivity index (χ1) is 12.0. The van der Waals surface area contributed by atoms with Crippen molar-refractivity contribution in [3.63, 3.8) is 0 Å². The van der Waals surface area contributed by atoms with Gasteiger partial charge in [0.25, 0.3) is 0 Å². The maximum Gasteiger partial charge on any atom is 0.245 e. The molecule has 0 saturated heterocycles. The van der Waals surface area contributed by atoms with E-state index in [1.54, 1.807) is 0 Å². The Balaban J connectivity index is 1.43. The second-order valence-corrected chi connectivity index (χ2v) is 8.45. The monoisotopic (exact) mass is 339 g/mol. The highest BCUT2D eigenvalue weighted by atomic mass is 15.6. The largest absolute Gasteiger partial charge is 0.338 e. The van der Waals surface area contributed by atoms with E-state index in [2.05, 4.69) is 59.5 Å². The van der Waals surface area contributed by atoms with Crippen LogP contribution in [0.5, 0.6) is 0 Å². The first-order valence-electron chi connectivity index (χ1n) is 9.58. The predicted molar refractivity (Wildman–Crippen MR) is 99.5 cm³/mol. The molecule has 2 saturated carbocycles. The molecule has 1 heterocycles. The molecule has 2 aromatic rings. The smallest absolute Gasteiger partial charge is 0.245 e. The molecule has 0 spiro atoms. The lowest BCUT2D eigenvalue weighted by atomic mass is 9.81. The molecule has 0 unspecified atom stereocenters. The molecule has 2 aliphatic carbocycles. The van der Waals surface area contributed by atoms with Crippen LogP contribution in [0, 0.1) is 25.2 Å². The average Bonchev–Trinajstić information content (AvgIpc) is 3.28. The normalized spacial score (nSPS) is 24.8. The van der Waals surface area contributed by atoms with Crippen LogP contribution < -0.4 is 4.90 Å². The molecule has 134 valence electrons. The third kappa shape index (κ3) is 3.42. The van der Waals surface area contributed by atoms with Crippen molar-refractivity contribution in [3.8, 4) is 0 Å². The van der Waals surface area contributed by atoms with Gasteiger partial charge in [0, 0.05) is 20.1 Å². The minimum atomic E-state index is 0.583. The van der Waals surface area contributed by atoms with Crippen molar-refractivity contribution in [1.82, 2.24) is 20.2 Å². The predicted octanol–water partition coefficient (Wildman–Crippen LogP) is 3.90. The molecule has 1 aromatic heterocycles. The summed E-state index contributed by atoms with van der Waals surface area (Å²) in [7, 11) is 2.08. The van der Waals surface area contributed by atoms with Crippen LogP contribution in [0.25, 0.3) is 0 Å². The van der Waals surface area contributed by atoms with Crippen LogP contribution in [0.15, 0.2) is 18.2 Å².